The molecule has 128 valence electrons. The highest BCUT2D eigenvalue weighted by Crippen LogP contribution is 2.26. The van der Waals surface area contributed by atoms with Gasteiger partial charge in [0, 0.05) is 44.5 Å². The van der Waals surface area contributed by atoms with Crippen molar-refractivity contribution in [2.45, 2.75) is 32.9 Å². The van der Waals surface area contributed by atoms with E-state index in [1.165, 1.54) is 12.1 Å². The van der Waals surface area contributed by atoms with Crippen LogP contribution in [0.4, 0.5) is 4.39 Å². The predicted molar refractivity (Wildman–Crippen MR) is 90.1 cm³/mol. The Morgan fingerprint density at radius 1 is 1.38 bits per heavy atom. The van der Waals surface area contributed by atoms with E-state index in [-0.39, 0.29) is 17.8 Å². The highest BCUT2D eigenvalue weighted by Gasteiger charge is 2.32. The molecule has 1 aromatic carbocycles. The number of aryl methyl sites for hydroxylation is 2. The van der Waals surface area contributed by atoms with Gasteiger partial charge in [-0.1, -0.05) is 6.07 Å². The fraction of sp³-hybridized carbons (Fsp3) is 0.444. The van der Waals surface area contributed by atoms with Crippen LogP contribution in [0.5, 0.6) is 0 Å². The van der Waals surface area contributed by atoms with Crippen molar-refractivity contribution in [2.75, 3.05) is 19.6 Å². The summed E-state index contributed by atoms with van der Waals surface area (Å²) in [5.74, 6) is -0.286. The van der Waals surface area contributed by atoms with E-state index in [0.717, 1.165) is 42.9 Å². The molecule has 2 heterocycles. The second-order valence-corrected chi connectivity index (χ2v) is 6.12. The molecule has 2 aromatic rings. The normalized spacial score (nSPS) is 18.6. The van der Waals surface area contributed by atoms with Crippen molar-refractivity contribution in [3.63, 3.8) is 0 Å². The first-order chi connectivity index (χ1) is 11.6. The fourth-order valence-electron chi connectivity index (χ4n) is 3.35. The molecule has 5 nitrogen and oxygen atoms in total. The van der Waals surface area contributed by atoms with E-state index >= 15 is 0 Å². The van der Waals surface area contributed by atoms with Crippen LogP contribution in [0.1, 0.15) is 29.8 Å². The smallest absolute Gasteiger partial charge is 0.242 e. The minimum Gasteiger partial charge on any atom is -0.353 e. The van der Waals surface area contributed by atoms with Gasteiger partial charge in [-0.25, -0.2) is 4.39 Å². The maximum atomic E-state index is 13.4. The summed E-state index contributed by atoms with van der Waals surface area (Å²) in [5, 5.41) is 7.22. The Kier molecular flexibility index (Phi) is 4.94. The maximum absolute atomic E-state index is 13.4. The fourth-order valence-corrected chi connectivity index (χ4v) is 3.35. The quantitative estimate of drug-likeness (QED) is 0.913. The lowest BCUT2D eigenvalue weighted by atomic mass is 9.97. The van der Waals surface area contributed by atoms with Crippen molar-refractivity contribution in [1.82, 2.24) is 20.0 Å². The highest BCUT2D eigenvalue weighted by molar-refractivity contribution is 5.84. The molecule has 1 aliphatic rings. The second kappa shape index (κ2) is 7.13. The van der Waals surface area contributed by atoms with Gasteiger partial charge in [-0.05, 0) is 43.2 Å². The summed E-state index contributed by atoms with van der Waals surface area (Å²) in [6.07, 6.45) is 2.64. The number of amides is 1. The molecule has 1 fully saturated rings. The molecule has 1 unspecified atom stereocenters. The van der Waals surface area contributed by atoms with Crippen molar-refractivity contribution in [3.8, 4) is 0 Å². The molecular formula is C18H23FN4O. The lowest BCUT2D eigenvalue weighted by Gasteiger charge is -2.36. The van der Waals surface area contributed by atoms with Gasteiger partial charge in [0.1, 0.15) is 11.9 Å². The SMILES string of the molecule is CCn1nccc1CCN1CCNC(=O)C1c1ccc(F)cc1C. The average molecular weight is 330 g/mol. The number of hydrogen-bond donors (Lipinski definition) is 1. The molecule has 1 aliphatic heterocycles. The third kappa shape index (κ3) is 3.33. The molecule has 0 saturated carbocycles. The number of benzene rings is 1. The van der Waals surface area contributed by atoms with Gasteiger partial charge in [0.2, 0.25) is 5.91 Å². The van der Waals surface area contributed by atoms with Crippen molar-refractivity contribution < 1.29 is 9.18 Å². The number of rotatable bonds is 5. The third-order valence-electron chi connectivity index (χ3n) is 4.60. The summed E-state index contributed by atoms with van der Waals surface area (Å²) in [6.45, 7) is 6.94. The zero-order valence-corrected chi connectivity index (χ0v) is 14.1. The van der Waals surface area contributed by atoms with E-state index in [0.29, 0.717) is 6.54 Å². The van der Waals surface area contributed by atoms with Gasteiger partial charge >= 0.3 is 0 Å². The molecule has 1 N–H and O–H groups in total. The van der Waals surface area contributed by atoms with E-state index in [9.17, 15) is 9.18 Å². The van der Waals surface area contributed by atoms with Crippen LogP contribution in [-0.2, 0) is 17.8 Å². The average Bonchev–Trinajstić information content (AvgIpc) is 3.01. The number of hydrogen-bond acceptors (Lipinski definition) is 3. The minimum atomic E-state index is -0.364. The largest absolute Gasteiger partial charge is 0.353 e. The summed E-state index contributed by atoms with van der Waals surface area (Å²) in [7, 11) is 0. The number of nitrogens with zero attached hydrogens (tertiary/aromatic N) is 3. The van der Waals surface area contributed by atoms with E-state index in [2.05, 4.69) is 22.2 Å². The molecule has 1 amide bonds. The molecule has 0 radical (unpaired) electrons. The van der Waals surface area contributed by atoms with Crippen molar-refractivity contribution >= 4 is 5.91 Å². The first-order valence-electron chi connectivity index (χ1n) is 8.38. The van der Waals surface area contributed by atoms with Crippen LogP contribution in [0.2, 0.25) is 0 Å². The van der Waals surface area contributed by atoms with Crippen LogP contribution in [0.25, 0.3) is 0 Å². The monoisotopic (exact) mass is 330 g/mol. The van der Waals surface area contributed by atoms with Crippen LogP contribution in [0.3, 0.4) is 0 Å². The minimum absolute atomic E-state index is 0.0139. The van der Waals surface area contributed by atoms with Gasteiger partial charge in [-0.2, -0.15) is 5.10 Å². The van der Waals surface area contributed by atoms with Gasteiger partial charge in [0.25, 0.3) is 0 Å². The van der Waals surface area contributed by atoms with E-state index in [1.807, 2.05) is 23.9 Å². The topological polar surface area (TPSA) is 50.2 Å². The Hall–Kier alpha value is -2.21. The Morgan fingerprint density at radius 2 is 2.21 bits per heavy atom. The number of aromatic nitrogens is 2. The molecule has 6 heteroatoms. The van der Waals surface area contributed by atoms with Gasteiger partial charge in [-0.3, -0.25) is 14.4 Å². The van der Waals surface area contributed by atoms with Crippen LogP contribution in [0, 0.1) is 12.7 Å². The first kappa shape index (κ1) is 16.6. The molecule has 1 saturated heterocycles. The zero-order chi connectivity index (χ0) is 17.1. The molecule has 0 spiro atoms. The standard InChI is InChI=1S/C18H23FN4O/c1-3-23-15(6-8-21-23)7-10-22-11-9-20-18(24)17(22)16-5-4-14(19)12-13(16)2/h4-6,8,12,17H,3,7,9-11H2,1-2H3,(H,20,24). The van der Waals surface area contributed by atoms with Crippen molar-refractivity contribution in [2.24, 2.45) is 0 Å². The molecule has 0 bridgehead atoms. The first-order valence-corrected chi connectivity index (χ1v) is 8.38. The molecule has 0 aliphatic carbocycles. The molecule has 1 aromatic heterocycles. The van der Waals surface area contributed by atoms with Crippen LogP contribution in [0.15, 0.2) is 30.5 Å². The maximum Gasteiger partial charge on any atom is 0.242 e. The Morgan fingerprint density at radius 3 is 2.96 bits per heavy atom. The van der Waals surface area contributed by atoms with E-state index in [1.54, 1.807) is 6.07 Å². The van der Waals surface area contributed by atoms with Crippen LogP contribution >= 0.6 is 0 Å². The number of carbonyl (C=O) groups excluding carboxylic acids is 1. The number of carbonyl (C=O) groups is 1. The van der Waals surface area contributed by atoms with Crippen LogP contribution < -0.4 is 5.32 Å². The van der Waals surface area contributed by atoms with Gasteiger partial charge in [0.15, 0.2) is 0 Å². The lowest BCUT2D eigenvalue weighted by Crippen LogP contribution is -2.50. The summed E-state index contributed by atoms with van der Waals surface area (Å²) in [4.78, 5) is 14.6. The highest BCUT2D eigenvalue weighted by atomic mass is 19.1. The predicted octanol–water partition coefficient (Wildman–Crippen LogP) is 2.07. The number of piperazine rings is 1. The summed E-state index contributed by atoms with van der Waals surface area (Å²) in [6, 6.07) is 6.29. The zero-order valence-electron chi connectivity index (χ0n) is 14.1. The second-order valence-electron chi connectivity index (χ2n) is 6.12. The van der Waals surface area contributed by atoms with E-state index < -0.39 is 0 Å². The molecule has 3 rings (SSSR count). The Labute approximate surface area is 141 Å². The molecule has 24 heavy (non-hydrogen) atoms. The molecular weight excluding hydrogens is 307 g/mol. The van der Waals surface area contributed by atoms with Crippen LogP contribution in [-0.4, -0.2) is 40.2 Å². The Bertz CT molecular complexity index is 728. The van der Waals surface area contributed by atoms with Gasteiger partial charge in [-0.15, -0.1) is 0 Å². The third-order valence-corrected chi connectivity index (χ3v) is 4.60. The van der Waals surface area contributed by atoms with Crippen molar-refractivity contribution in [3.05, 3.63) is 53.1 Å². The van der Waals surface area contributed by atoms with Gasteiger partial charge in [0.05, 0.1) is 0 Å². The number of halogens is 1. The number of nitrogens with one attached hydrogen (secondary N) is 1. The summed E-state index contributed by atoms with van der Waals surface area (Å²) < 4.78 is 15.4. The summed E-state index contributed by atoms with van der Waals surface area (Å²) in [5.41, 5.74) is 2.84. The van der Waals surface area contributed by atoms with E-state index in [4.69, 9.17) is 0 Å². The Balaban J connectivity index is 1.80. The molecule has 1 atom stereocenters. The summed E-state index contributed by atoms with van der Waals surface area (Å²) >= 11 is 0. The van der Waals surface area contributed by atoms with Gasteiger partial charge < -0.3 is 5.32 Å². The lowest BCUT2D eigenvalue weighted by molar-refractivity contribution is -0.129. The van der Waals surface area contributed by atoms with Crippen molar-refractivity contribution in [1.29, 1.82) is 0 Å².